The van der Waals surface area contributed by atoms with Crippen LogP contribution in [0.25, 0.3) is 11.2 Å². The van der Waals surface area contributed by atoms with E-state index in [-0.39, 0.29) is 34.8 Å². The van der Waals surface area contributed by atoms with E-state index in [2.05, 4.69) is 20.3 Å². The number of carbonyl (C=O) groups excluding carboxylic acids is 3. The van der Waals surface area contributed by atoms with Crippen molar-refractivity contribution in [1.29, 1.82) is 0 Å². The van der Waals surface area contributed by atoms with Crippen molar-refractivity contribution in [3.63, 3.8) is 0 Å². The highest BCUT2D eigenvalue weighted by molar-refractivity contribution is 7.54. The van der Waals surface area contributed by atoms with E-state index in [1.807, 2.05) is 0 Å². The van der Waals surface area contributed by atoms with Crippen LogP contribution in [0.2, 0.25) is 10.4 Å². The molecule has 0 N–H and O–H groups in total. The number of nitrogens with zero attached hydrogens (tertiary/aromatic N) is 5. The molecule has 1 unspecified atom stereocenters. The molecule has 1 aliphatic heterocycles. The Bertz CT molecular complexity index is 1270. The van der Waals surface area contributed by atoms with E-state index in [1.165, 1.54) is 6.92 Å². The fourth-order valence-electron chi connectivity index (χ4n) is 3.82. The molecular formula is C21H28Cl2N5O11P. The highest BCUT2D eigenvalue weighted by Crippen LogP contribution is 2.53. The number of ether oxygens (including phenoxy) is 5. The maximum absolute atomic E-state index is 13.4. The monoisotopic (exact) mass is 627 g/mol. The number of rotatable bonds is 13. The maximum Gasteiger partial charge on any atom is 0.362 e. The summed E-state index contributed by atoms with van der Waals surface area (Å²) in [6, 6.07) is 0. The Balaban J connectivity index is 1.98. The maximum atomic E-state index is 13.4. The lowest BCUT2D eigenvalue weighted by atomic mass is 10.1. The predicted octanol–water partition coefficient (Wildman–Crippen LogP) is 2.46. The molecule has 0 aliphatic carbocycles. The largest absolute Gasteiger partial charge is 0.462 e. The van der Waals surface area contributed by atoms with Crippen LogP contribution in [-0.2, 0) is 51.7 Å². The summed E-state index contributed by atoms with van der Waals surface area (Å²) in [5.41, 5.74) is 0.121. The van der Waals surface area contributed by atoms with Gasteiger partial charge in [-0.15, -0.1) is 5.10 Å². The van der Waals surface area contributed by atoms with Gasteiger partial charge < -0.3 is 32.7 Å². The molecule has 40 heavy (non-hydrogen) atoms. The molecule has 1 fully saturated rings. The van der Waals surface area contributed by atoms with Crippen molar-refractivity contribution >= 4 is 59.9 Å². The minimum Gasteiger partial charge on any atom is -0.462 e. The summed E-state index contributed by atoms with van der Waals surface area (Å²) in [5, 5.41) is 7.63. The molecule has 0 spiro atoms. The Morgan fingerprint density at radius 1 is 1.00 bits per heavy atom. The number of esters is 3. The summed E-state index contributed by atoms with van der Waals surface area (Å²) in [4.78, 5) is 43.4. The first-order valence-corrected chi connectivity index (χ1v) is 14.3. The molecule has 1 aliphatic rings. The van der Waals surface area contributed by atoms with Gasteiger partial charge in [0.25, 0.3) is 0 Å². The van der Waals surface area contributed by atoms with E-state index in [0.29, 0.717) is 0 Å². The predicted molar refractivity (Wildman–Crippen MR) is 135 cm³/mol. The van der Waals surface area contributed by atoms with Gasteiger partial charge in [-0.25, -0.2) is 4.98 Å². The first-order chi connectivity index (χ1) is 18.9. The summed E-state index contributed by atoms with van der Waals surface area (Å²) in [5.74, 6) is -3.48. The van der Waals surface area contributed by atoms with Crippen molar-refractivity contribution in [3.8, 4) is 0 Å². The molecule has 0 aromatic carbocycles. The molecule has 0 saturated carbocycles. The summed E-state index contributed by atoms with van der Waals surface area (Å²) >= 11 is 12.1. The average Bonchev–Trinajstić information content (AvgIpc) is 3.40. The lowest BCUT2D eigenvalue weighted by molar-refractivity contribution is -0.166. The Labute approximate surface area is 238 Å². The third-order valence-electron chi connectivity index (χ3n) is 5.24. The molecule has 2 aromatic rings. The number of aromatic nitrogens is 5. The molecule has 0 radical (unpaired) electrons. The first kappa shape index (κ1) is 32.1. The van der Waals surface area contributed by atoms with Crippen molar-refractivity contribution in [2.75, 3.05) is 26.4 Å². The van der Waals surface area contributed by atoms with Gasteiger partial charge in [-0.1, -0.05) is 16.8 Å². The van der Waals surface area contributed by atoms with E-state index in [4.69, 9.17) is 55.9 Å². The van der Waals surface area contributed by atoms with E-state index < -0.39 is 69.1 Å². The lowest BCUT2D eigenvalue weighted by Gasteiger charge is -2.28. The summed E-state index contributed by atoms with van der Waals surface area (Å²) in [6.45, 7) is 5.80. The quantitative estimate of drug-likeness (QED) is 0.103. The molecule has 3 rings (SSSR count). The molecule has 222 valence electrons. The Hall–Kier alpha value is -2.46. The van der Waals surface area contributed by atoms with E-state index in [0.717, 1.165) is 18.5 Å². The summed E-state index contributed by atoms with van der Waals surface area (Å²) in [7, 11) is -3.96. The van der Waals surface area contributed by atoms with Gasteiger partial charge in [-0.3, -0.25) is 18.9 Å². The highest BCUT2D eigenvalue weighted by atomic mass is 35.5. The fraction of sp³-hybridized carbons (Fsp3) is 0.667. The summed E-state index contributed by atoms with van der Waals surface area (Å²) in [6.07, 6.45) is -4.91. The van der Waals surface area contributed by atoms with E-state index in [9.17, 15) is 18.9 Å². The van der Waals surface area contributed by atoms with Crippen LogP contribution in [-0.4, -0.2) is 93.5 Å². The van der Waals surface area contributed by atoms with Crippen molar-refractivity contribution in [2.45, 2.75) is 65.0 Å². The van der Waals surface area contributed by atoms with Crippen LogP contribution in [0.5, 0.6) is 0 Å². The molecule has 19 heteroatoms. The van der Waals surface area contributed by atoms with Crippen molar-refractivity contribution in [3.05, 3.63) is 10.4 Å². The van der Waals surface area contributed by atoms with Gasteiger partial charge in [-0.05, 0) is 25.4 Å². The van der Waals surface area contributed by atoms with E-state index in [1.54, 1.807) is 13.8 Å². The van der Waals surface area contributed by atoms with Crippen LogP contribution < -0.4 is 0 Å². The summed E-state index contributed by atoms with van der Waals surface area (Å²) < 4.78 is 53.2. The number of halogens is 2. The molecule has 16 nitrogen and oxygen atoms in total. The van der Waals surface area contributed by atoms with Gasteiger partial charge in [0.2, 0.25) is 5.28 Å². The zero-order valence-electron chi connectivity index (χ0n) is 22.1. The van der Waals surface area contributed by atoms with Crippen LogP contribution in [0.4, 0.5) is 0 Å². The van der Waals surface area contributed by atoms with Crippen LogP contribution >= 0.6 is 30.8 Å². The molecule has 5 atom stereocenters. The van der Waals surface area contributed by atoms with Crippen LogP contribution in [0.1, 0.15) is 40.8 Å². The Kier molecular flexibility index (Phi) is 11.2. The third kappa shape index (κ3) is 7.63. The van der Waals surface area contributed by atoms with Crippen LogP contribution in [0.15, 0.2) is 0 Å². The highest BCUT2D eigenvalue weighted by Gasteiger charge is 2.52. The number of fused-ring (bicyclic) bond motifs is 1. The number of carbonyl (C=O) groups is 3. The van der Waals surface area contributed by atoms with Gasteiger partial charge in [0, 0.05) is 20.8 Å². The van der Waals surface area contributed by atoms with Gasteiger partial charge in [0.1, 0.15) is 12.7 Å². The average molecular weight is 628 g/mol. The second-order valence-electron chi connectivity index (χ2n) is 8.17. The molecular weight excluding hydrogens is 600 g/mol. The molecule has 0 bridgehead atoms. The standard InChI is InChI=1S/C21H28Cl2N5O11P/c1-6-35-40(32,36-7-2)14(9-33-10(3)29)34-8-13-16(37-11(4)30)17(38-12(5)31)20(39-13)28-19-15(26-27-28)18(22)24-21(23)25-19/h13-14,16-17,20H,6-9H2,1-5H3/t13-,14?,16-,17-,20-/m1/s1. The van der Waals surface area contributed by atoms with Crippen LogP contribution in [0.3, 0.4) is 0 Å². The lowest BCUT2D eigenvalue weighted by Crippen LogP contribution is -2.41. The van der Waals surface area contributed by atoms with E-state index >= 15 is 0 Å². The Morgan fingerprint density at radius 2 is 1.62 bits per heavy atom. The first-order valence-electron chi connectivity index (χ1n) is 12.0. The van der Waals surface area contributed by atoms with Gasteiger partial charge in [0.15, 0.2) is 40.6 Å². The van der Waals surface area contributed by atoms with Crippen molar-refractivity contribution < 1.29 is 51.7 Å². The Morgan fingerprint density at radius 3 is 2.20 bits per heavy atom. The number of hydrogen-bond acceptors (Lipinski definition) is 15. The van der Waals surface area contributed by atoms with Gasteiger partial charge in [0.05, 0.1) is 19.8 Å². The second kappa shape index (κ2) is 13.9. The van der Waals surface area contributed by atoms with Crippen LogP contribution in [0, 0.1) is 0 Å². The number of hydrogen-bond donors (Lipinski definition) is 0. The third-order valence-corrected chi connectivity index (χ3v) is 7.91. The minimum atomic E-state index is -3.96. The molecule has 3 heterocycles. The van der Waals surface area contributed by atoms with Crippen molar-refractivity contribution in [1.82, 2.24) is 25.0 Å². The van der Waals surface area contributed by atoms with Gasteiger partial charge in [-0.2, -0.15) is 9.67 Å². The molecule has 2 aromatic heterocycles. The minimum absolute atomic E-state index is 0.0101. The normalized spacial score (nSPS) is 21.8. The SMILES string of the molecule is CCOP(=O)(OCC)C(COC(C)=O)OC[C@H]1O[C@@H](n2nnc3c(Cl)nc(Cl)nc32)[C@H](OC(C)=O)[C@@H]1OC(C)=O. The zero-order chi connectivity index (χ0) is 29.6. The van der Waals surface area contributed by atoms with Gasteiger partial charge >= 0.3 is 25.5 Å². The molecule has 0 amide bonds. The topological polar surface area (TPSA) is 189 Å². The smallest absolute Gasteiger partial charge is 0.362 e. The second-order valence-corrected chi connectivity index (χ2v) is 11.0. The zero-order valence-corrected chi connectivity index (χ0v) is 24.6. The fourth-order valence-corrected chi connectivity index (χ4v) is 5.89. The van der Waals surface area contributed by atoms with Crippen molar-refractivity contribution in [2.24, 2.45) is 0 Å². The molecule has 1 saturated heterocycles.